The lowest BCUT2D eigenvalue weighted by atomic mass is 10.5. The lowest BCUT2D eigenvalue weighted by Crippen LogP contribution is -2.15. The highest BCUT2D eigenvalue weighted by atomic mass is 16.5. The quantitative estimate of drug-likeness (QED) is 0.656. The minimum Gasteiger partial charge on any atom is -0.465 e. The van der Waals surface area contributed by atoms with Crippen LogP contribution < -0.4 is 0 Å². The largest absolute Gasteiger partial charge is 0.465 e. The third-order valence-electron chi connectivity index (χ3n) is 1.85. The predicted molar refractivity (Wildman–Crippen MR) is 48.3 cm³/mol. The van der Waals surface area contributed by atoms with Crippen molar-refractivity contribution in [3.63, 3.8) is 0 Å². The number of ether oxygens (including phenoxy) is 1. The maximum Gasteiger partial charge on any atom is 0.325 e. The monoisotopic (exact) mass is 182 g/mol. The fraction of sp³-hybridized carbons (Fsp3) is 0.556. The molecule has 0 aliphatic carbocycles. The molecular formula is C9H14N2O2. The van der Waals surface area contributed by atoms with E-state index in [0.29, 0.717) is 6.61 Å². The normalized spacial score (nSPS) is 10.1. The Morgan fingerprint density at radius 1 is 1.62 bits per heavy atom. The molecule has 0 aromatic carbocycles. The number of carbonyl (C=O) groups is 1. The van der Waals surface area contributed by atoms with E-state index in [-0.39, 0.29) is 12.5 Å². The van der Waals surface area contributed by atoms with E-state index in [1.54, 1.807) is 13.1 Å². The first-order chi connectivity index (χ1) is 6.15. The smallest absolute Gasteiger partial charge is 0.325 e. The van der Waals surface area contributed by atoms with Gasteiger partial charge in [-0.05, 0) is 20.8 Å². The second-order valence-corrected chi connectivity index (χ2v) is 2.84. The van der Waals surface area contributed by atoms with Gasteiger partial charge in [-0.25, -0.2) is 4.98 Å². The molecule has 0 saturated heterocycles. The van der Waals surface area contributed by atoms with Gasteiger partial charge in [0.2, 0.25) is 0 Å². The number of rotatable bonds is 3. The molecule has 0 amide bonds. The summed E-state index contributed by atoms with van der Waals surface area (Å²) in [6.45, 7) is 6.26. The molecule has 4 heteroatoms. The third kappa shape index (κ3) is 2.31. The van der Waals surface area contributed by atoms with Crippen LogP contribution >= 0.6 is 0 Å². The van der Waals surface area contributed by atoms with Crippen LogP contribution in [0, 0.1) is 13.8 Å². The predicted octanol–water partition coefficient (Wildman–Crippen LogP) is 1.06. The van der Waals surface area contributed by atoms with Crippen LogP contribution in [-0.4, -0.2) is 22.1 Å². The lowest BCUT2D eigenvalue weighted by Gasteiger charge is -2.06. The van der Waals surface area contributed by atoms with Crippen LogP contribution in [0.25, 0.3) is 0 Å². The van der Waals surface area contributed by atoms with Crippen LogP contribution in [0.4, 0.5) is 0 Å². The van der Waals surface area contributed by atoms with Crippen molar-refractivity contribution in [3.05, 3.63) is 17.7 Å². The maximum atomic E-state index is 11.1. The lowest BCUT2D eigenvalue weighted by molar-refractivity contribution is -0.143. The van der Waals surface area contributed by atoms with Gasteiger partial charge in [-0.2, -0.15) is 0 Å². The summed E-state index contributed by atoms with van der Waals surface area (Å²) in [7, 11) is 0. The summed E-state index contributed by atoms with van der Waals surface area (Å²) in [6.07, 6.45) is 1.74. The van der Waals surface area contributed by atoms with E-state index in [1.807, 2.05) is 18.4 Å². The van der Waals surface area contributed by atoms with Crippen LogP contribution in [0.3, 0.4) is 0 Å². The van der Waals surface area contributed by atoms with Crippen molar-refractivity contribution in [1.82, 2.24) is 9.55 Å². The van der Waals surface area contributed by atoms with Crippen molar-refractivity contribution in [1.29, 1.82) is 0 Å². The summed E-state index contributed by atoms with van der Waals surface area (Å²) in [5, 5.41) is 0. The minimum atomic E-state index is -0.216. The molecule has 1 heterocycles. The van der Waals surface area contributed by atoms with E-state index in [1.165, 1.54) is 0 Å². The first-order valence-electron chi connectivity index (χ1n) is 4.29. The molecule has 0 unspecified atom stereocenters. The Balaban J connectivity index is 2.68. The van der Waals surface area contributed by atoms with Gasteiger partial charge in [0.15, 0.2) is 0 Å². The summed E-state index contributed by atoms with van der Waals surface area (Å²) in [5.41, 5.74) is 0.977. The van der Waals surface area contributed by atoms with Crippen LogP contribution in [0.1, 0.15) is 18.4 Å². The highest BCUT2D eigenvalue weighted by molar-refractivity contribution is 5.69. The van der Waals surface area contributed by atoms with Gasteiger partial charge >= 0.3 is 5.97 Å². The second kappa shape index (κ2) is 4.07. The Kier molecular flexibility index (Phi) is 3.06. The minimum absolute atomic E-state index is 0.216. The Morgan fingerprint density at radius 2 is 2.31 bits per heavy atom. The zero-order valence-corrected chi connectivity index (χ0v) is 8.20. The van der Waals surface area contributed by atoms with Gasteiger partial charge in [0.25, 0.3) is 0 Å². The summed E-state index contributed by atoms with van der Waals surface area (Å²) in [4.78, 5) is 15.2. The van der Waals surface area contributed by atoms with E-state index in [9.17, 15) is 4.79 Å². The number of hydrogen-bond acceptors (Lipinski definition) is 3. The SMILES string of the molecule is CCOC(=O)Cn1c(C)cnc1C. The van der Waals surface area contributed by atoms with E-state index >= 15 is 0 Å². The van der Waals surface area contributed by atoms with Gasteiger partial charge in [0.1, 0.15) is 12.4 Å². The molecule has 1 aromatic heterocycles. The number of imidazole rings is 1. The Bertz CT molecular complexity index is 285. The standard InChI is InChI=1S/C9H14N2O2/c1-4-13-9(12)6-11-7(2)5-10-8(11)3/h5H,4,6H2,1-3H3. The average Bonchev–Trinajstić information content (AvgIpc) is 2.36. The van der Waals surface area contributed by atoms with Crippen molar-refractivity contribution in [2.45, 2.75) is 27.3 Å². The average molecular weight is 182 g/mol. The Hall–Kier alpha value is -1.32. The van der Waals surface area contributed by atoms with Crippen molar-refractivity contribution in [2.24, 2.45) is 0 Å². The molecule has 0 bridgehead atoms. The highest BCUT2D eigenvalue weighted by Gasteiger charge is 2.07. The zero-order valence-electron chi connectivity index (χ0n) is 8.20. The second-order valence-electron chi connectivity index (χ2n) is 2.84. The van der Waals surface area contributed by atoms with Gasteiger partial charge in [0, 0.05) is 11.9 Å². The first kappa shape index (κ1) is 9.77. The summed E-state index contributed by atoms with van der Waals surface area (Å²) < 4.78 is 6.67. The van der Waals surface area contributed by atoms with Gasteiger partial charge in [-0.1, -0.05) is 0 Å². The first-order valence-corrected chi connectivity index (χ1v) is 4.29. The zero-order chi connectivity index (χ0) is 9.84. The van der Waals surface area contributed by atoms with E-state index in [4.69, 9.17) is 4.74 Å². The molecule has 0 radical (unpaired) electrons. The van der Waals surface area contributed by atoms with E-state index in [2.05, 4.69) is 4.98 Å². The third-order valence-corrected chi connectivity index (χ3v) is 1.85. The van der Waals surface area contributed by atoms with E-state index in [0.717, 1.165) is 11.5 Å². The number of carbonyl (C=O) groups excluding carboxylic acids is 1. The number of aryl methyl sites for hydroxylation is 2. The van der Waals surface area contributed by atoms with Crippen molar-refractivity contribution in [3.8, 4) is 0 Å². The van der Waals surface area contributed by atoms with E-state index < -0.39 is 0 Å². The molecule has 13 heavy (non-hydrogen) atoms. The maximum absolute atomic E-state index is 11.1. The summed E-state index contributed by atoms with van der Waals surface area (Å²) >= 11 is 0. The van der Waals surface area contributed by atoms with Crippen LogP contribution in [0.2, 0.25) is 0 Å². The molecule has 4 nitrogen and oxygen atoms in total. The molecule has 1 aromatic rings. The van der Waals surface area contributed by atoms with Crippen molar-refractivity contribution < 1.29 is 9.53 Å². The molecule has 0 aliphatic heterocycles. The molecule has 0 atom stereocenters. The number of hydrogen-bond donors (Lipinski definition) is 0. The molecule has 0 spiro atoms. The van der Waals surface area contributed by atoms with Crippen LogP contribution in [0.5, 0.6) is 0 Å². The van der Waals surface area contributed by atoms with Crippen molar-refractivity contribution >= 4 is 5.97 Å². The van der Waals surface area contributed by atoms with Gasteiger partial charge in [0.05, 0.1) is 6.61 Å². The van der Waals surface area contributed by atoms with Crippen LogP contribution in [0.15, 0.2) is 6.20 Å². The molecule has 0 fully saturated rings. The number of aromatic nitrogens is 2. The van der Waals surface area contributed by atoms with Gasteiger partial charge in [-0.15, -0.1) is 0 Å². The molecule has 1 rings (SSSR count). The molecular weight excluding hydrogens is 168 g/mol. The molecule has 0 saturated carbocycles. The highest BCUT2D eigenvalue weighted by Crippen LogP contribution is 2.02. The molecule has 0 N–H and O–H groups in total. The number of nitrogens with zero attached hydrogens (tertiary/aromatic N) is 2. The summed E-state index contributed by atoms with van der Waals surface area (Å²) in [5.74, 6) is 0.622. The molecule has 0 aliphatic rings. The summed E-state index contributed by atoms with van der Waals surface area (Å²) in [6, 6.07) is 0. The molecule has 72 valence electrons. The number of esters is 1. The topological polar surface area (TPSA) is 44.1 Å². The fourth-order valence-electron chi connectivity index (χ4n) is 1.16. The van der Waals surface area contributed by atoms with Crippen LogP contribution in [-0.2, 0) is 16.1 Å². The Labute approximate surface area is 77.5 Å². The fourth-order valence-corrected chi connectivity index (χ4v) is 1.16. The Morgan fingerprint density at radius 3 is 2.77 bits per heavy atom. The van der Waals surface area contributed by atoms with Crippen molar-refractivity contribution in [2.75, 3.05) is 6.61 Å². The van der Waals surface area contributed by atoms with Gasteiger partial charge < -0.3 is 9.30 Å². The van der Waals surface area contributed by atoms with Gasteiger partial charge in [-0.3, -0.25) is 4.79 Å².